The van der Waals surface area contributed by atoms with Crippen LogP contribution in [0.4, 0.5) is 0 Å². The minimum Gasteiger partial charge on any atom is -0.825 e. The van der Waals surface area contributed by atoms with E-state index in [-0.39, 0.29) is 13.2 Å². The Morgan fingerprint density at radius 3 is 1.81 bits per heavy atom. The SMILES string of the molecule is CCCCCCCCCCCCCCCCCCOCC1(C([O-])O[P+](=O)OCC[N+](C)(C)C)CCCO1. The van der Waals surface area contributed by atoms with Crippen molar-refractivity contribution in [2.45, 2.75) is 134 Å². The molecule has 1 saturated heterocycles. The van der Waals surface area contributed by atoms with E-state index in [1.54, 1.807) is 0 Å². The Hall–Kier alpha value is -0.140. The molecule has 1 fully saturated rings. The van der Waals surface area contributed by atoms with Crippen molar-refractivity contribution in [1.29, 1.82) is 0 Å². The third-order valence-electron chi connectivity index (χ3n) is 7.19. The van der Waals surface area contributed by atoms with Crippen molar-refractivity contribution >= 4 is 8.25 Å². The van der Waals surface area contributed by atoms with Crippen LogP contribution in [0.2, 0.25) is 0 Å². The molecule has 1 rings (SSSR count). The van der Waals surface area contributed by atoms with Gasteiger partial charge in [0, 0.05) is 17.8 Å². The summed E-state index contributed by atoms with van der Waals surface area (Å²) in [5.41, 5.74) is -1.07. The summed E-state index contributed by atoms with van der Waals surface area (Å²) in [5, 5.41) is 12.7. The second-order valence-corrected chi connectivity index (χ2v) is 12.8. The maximum absolute atomic E-state index is 12.7. The van der Waals surface area contributed by atoms with Crippen LogP contribution >= 0.6 is 8.25 Å². The molecule has 0 aliphatic carbocycles. The lowest BCUT2D eigenvalue weighted by Crippen LogP contribution is -2.53. The maximum atomic E-state index is 12.7. The number of hydrogen-bond donors (Lipinski definition) is 0. The normalized spacial score (nSPS) is 19.4. The van der Waals surface area contributed by atoms with Gasteiger partial charge < -0.3 is 19.1 Å². The Kier molecular flexibility index (Phi) is 20.4. The summed E-state index contributed by atoms with van der Waals surface area (Å²) in [6, 6.07) is 0. The molecule has 0 aromatic carbocycles. The van der Waals surface area contributed by atoms with Gasteiger partial charge in [0.05, 0.1) is 34.0 Å². The van der Waals surface area contributed by atoms with Gasteiger partial charge in [-0.1, -0.05) is 103 Å². The molecule has 0 aromatic heterocycles. The van der Waals surface area contributed by atoms with Gasteiger partial charge in [-0.05, 0) is 19.3 Å². The predicted molar refractivity (Wildman–Crippen MR) is 150 cm³/mol. The summed E-state index contributed by atoms with van der Waals surface area (Å²) >= 11 is 0. The van der Waals surface area contributed by atoms with Crippen LogP contribution in [0.25, 0.3) is 0 Å². The minimum atomic E-state index is -2.47. The Balaban J connectivity index is 2.00. The molecule has 0 saturated carbocycles. The summed E-state index contributed by atoms with van der Waals surface area (Å²) in [4.78, 5) is 0. The smallest absolute Gasteiger partial charge is 0.696 e. The average Bonchev–Trinajstić information content (AvgIpc) is 3.32. The first kappa shape index (κ1) is 34.9. The van der Waals surface area contributed by atoms with Gasteiger partial charge >= 0.3 is 8.25 Å². The number of hydrogen-bond acceptors (Lipinski definition) is 6. The molecule has 37 heavy (non-hydrogen) atoms. The van der Waals surface area contributed by atoms with E-state index in [1.807, 2.05) is 21.1 Å². The van der Waals surface area contributed by atoms with Crippen molar-refractivity contribution in [3.8, 4) is 0 Å². The van der Waals surface area contributed by atoms with Gasteiger partial charge in [0.1, 0.15) is 12.1 Å². The number of unbranched alkanes of at least 4 members (excludes halogenated alkanes) is 15. The van der Waals surface area contributed by atoms with Gasteiger partial charge in [0.2, 0.25) is 0 Å². The van der Waals surface area contributed by atoms with Crippen LogP contribution in [0.15, 0.2) is 0 Å². The molecule has 0 bridgehead atoms. The minimum absolute atomic E-state index is 0.183. The van der Waals surface area contributed by atoms with Crippen LogP contribution in [-0.4, -0.2) is 70.5 Å². The van der Waals surface area contributed by atoms with E-state index in [0.29, 0.717) is 30.7 Å². The zero-order valence-electron chi connectivity index (χ0n) is 24.7. The molecule has 1 aliphatic heterocycles. The highest BCUT2D eigenvalue weighted by Crippen LogP contribution is 2.35. The summed E-state index contributed by atoms with van der Waals surface area (Å²) < 4.78 is 34.7. The fourth-order valence-electron chi connectivity index (χ4n) is 4.68. The molecule has 7 nitrogen and oxygen atoms in total. The second-order valence-electron chi connectivity index (χ2n) is 11.9. The summed E-state index contributed by atoms with van der Waals surface area (Å²) in [5.74, 6) is 0. The van der Waals surface area contributed by atoms with E-state index in [2.05, 4.69) is 6.92 Å². The average molecular weight is 549 g/mol. The van der Waals surface area contributed by atoms with Crippen molar-refractivity contribution in [1.82, 2.24) is 0 Å². The first-order valence-corrected chi connectivity index (χ1v) is 16.3. The molecule has 3 unspecified atom stereocenters. The van der Waals surface area contributed by atoms with Gasteiger partial charge in [-0.25, -0.2) is 0 Å². The number of likely N-dealkylation sites (N-methyl/N-ethyl adjacent to an activating group) is 1. The topological polar surface area (TPSA) is 77.0 Å². The first-order valence-electron chi connectivity index (χ1n) is 15.2. The summed E-state index contributed by atoms with van der Waals surface area (Å²) in [7, 11) is 3.59. The third-order valence-corrected chi connectivity index (χ3v) is 7.95. The lowest BCUT2D eigenvalue weighted by Gasteiger charge is -2.36. The fourth-order valence-corrected chi connectivity index (χ4v) is 5.32. The Morgan fingerprint density at radius 1 is 0.838 bits per heavy atom. The highest BCUT2D eigenvalue weighted by molar-refractivity contribution is 7.33. The number of quaternary nitrogens is 1. The van der Waals surface area contributed by atoms with Crippen LogP contribution in [0, 0.1) is 0 Å². The van der Waals surface area contributed by atoms with Crippen molar-refractivity contribution in [2.24, 2.45) is 0 Å². The van der Waals surface area contributed by atoms with E-state index in [4.69, 9.17) is 18.5 Å². The molecule has 1 aliphatic rings. The van der Waals surface area contributed by atoms with E-state index < -0.39 is 20.1 Å². The molecule has 0 spiro atoms. The molecular weight excluding hydrogens is 489 g/mol. The van der Waals surface area contributed by atoms with Crippen LogP contribution in [0.1, 0.15) is 122 Å². The molecule has 0 amide bonds. The third kappa shape index (κ3) is 18.7. The molecule has 8 heteroatoms. The Morgan fingerprint density at radius 2 is 1.35 bits per heavy atom. The lowest BCUT2D eigenvalue weighted by molar-refractivity contribution is -0.870. The molecule has 1 heterocycles. The molecular formula is C29H59NO6P+. The quantitative estimate of drug-likeness (QED) is 0.0507. The summed E-state index contributed by atoms with van der Waals surface area (Å²) in [6.45, 7) is 4.53. The van der Waals surface area contributed by atoms with E-state index in [9.17, 15) is 9.67 Å². The Bertz CT molecular complexity index is 551. The van der Waals surface area contributed by atoms with Crippen molar-refractivity contribution in [3.05, 3.63) is 0 Å². The molecule has 0 aromatic rings. The predicted octanol–water partition coefficient (Wildman–Crippen LogP) is 6.90. The number of nitrogens with zero attached hydrogens (tertiary/aromatic N) is 1. The highest BCUT2D eigenvalue weighted by atomic mass is 31.1. The standard InChI is InChI=1S/C29H59NO6P/c1-5-6-7-8-9-10-11-12-13-14-15-16-17-18-19-20-24-33-27-29(22-21-25-34-29)28(31)36-37(32)35-26-23-30(2,3)4/h28H,5-27H2,1-4H3/q+1. The monoisotopic (exact) mass is 548 g/mol. The highest BCUT2D eigenvalue weighted by Gasteiger charge is 2.43. The van der Waals surface area contributed by atoms with Crippen LogP contribution < -0.4 is 5.11 Å². The number of rotatable bonds is 26. The Labute approximate surface area is 229 Å². The van der Waals surface area contributed by atoms with Crippen molar-refractivity contribution in [3.63, 3.8) is 0 Å². The maximum Gasteiger partial charge on any atom is 0.696 e. The largest absolute Gasteiger partial charge is 0.825 e. The molecule has 0 N–H and O–H groups in total. The molecule has 3 atom stereocenters. The second kappa shape index (κ2) is 21.7. The summed E-state index contributed by atoms with van der Waals surface area (Å²) in [6.07, 6.45) is 21.2. The van der Waals surface area contributed by atoms with Crippen LogP contribution in [-0.2, 0) is 23.1 Å². The van der Waals surface area contributed by atoms with Gasteiger partial charge in [-0.15, -0.1) is 9.05 Å². The van der Waals surface area contributed by atoms with E-state index in [0.717, 1.165) is 19.3 Å². The van der Waals surface area contributed by atoms with E-state index in [1.165, 1.54) is 89.9 Å². The van der Waals surface area contributed by atoms with Gasteiger partial charge in [-0.3, -0.25) is 0 Å². The lowest BCUT2D eigenvalue weighted by atomic mass is 10.0. The molecule has 220 valence electrons. The fraction of sp³-hybridized carbons (Fsp3) is 1.00. The van der Waals surface area contributed by atoms with Crippen molar-refractivity contribution in [2.75, 3.05) is 54.1 Å². The zero-order valence-corrected chi connectivity index (χ0v) is 25.6. The van der Waals surface area contributed by atoms with Crippen LogP contribution in [0.3, 0.4) is 0 Å². The molecule has 0 radical (unpaired) electrons. The van der Waals surface area contributed by atoms with Gasteiger partial charge in [0.15, 0.2) is 6.61 Å². The van der Waals surface area contributed by atoms with Crippen molar-refractivity contribution < 1.29 is 32.7 Å². The first-order chi connectivity index (χ1) is 17.8. The van der Waals surface area contributed by atoms with Gasteiger partial charge in [0.25, 0.3) is 0 Å². The zero-order chi connectivity index (χ0) is 27.2. The van der Waals surface area contributed by atoms with Gasteiger partial charge in [-0.2, -0.15) is 0 Å². The number of ether oxygens (including phenoxy) is 2. The van der Waals surface area contributed by atoms with Crippen LogP contribution in [0.5, 0.6) is 0 Å². The van der Waals surface area contributed by atoms with E-state index >= 15 is 0 Å².